The zero-order valence-corrected chi connectivity index (χ0v) is 13.2. The minimum absolute atomic E-state index is 0.307. The lowest BCUT2D eigenvalue weighted by atomic mass is 10.1. The average molecular weight is 319 g/mol. The highest BCUT2D eigenvalue weighted by Crippen LogP contribution is 2.20. The van der Waals surface area contributed by atoms with Crippen molar-refractivity contribution in [1.29, 1.82) is 0 Å². The van der Waals surface area contributed by atoms with Gasteiger partial charge in [0, 0.05) is 18.1 Å². The maximum absolute atomic E-state index is 12.1. The van der Waals surface area contributed by atoms with E-state index in [1.54, 1.807) is 12.3 Å². The number of hydrogen-bond acceptors (Lipinski definition) is 3. The molecule has 0 saturated heterocycles. The van der Waals surface area contributed by atoms with Gasteiger partial charge in [-0.05, 0) is 24.6 Å². The summed E-state index contributed by atoms with van der Waals surface area (Å²) in [5.74, 6) is -1.38. The molecule has 120 valence electrons. The highest BCUT2D eigenvalue weighted by atomic mass is 16.2. The lowest BCUT2D eigenvalue weighted by Gasteiger charge is -2.09. The van der Waals surface area contributed by atoms with E-state index in [0.717, 1.165) is 16.5 Å². The van der Waals surface area contributed by atoms with E-state index in [4.69, 9.17) is 0 Å². The van der Waals surface area contributed by atoms with Crippen molar-refractivity contribution < 1.29 is 9.59 Å². The van der Waals surface area contributed by atoms with Crippen molar-refractivity contribution in [3.63, 3.8) is 0 Å². The van der Waals surface area contributed by atoms with Gasteiger partial charge in [0.15, 0.2) is 0 Å². The first-order chi connectivity index (χ1) is 11.6. The number of nitrogens with zero attached hydrogens (tertiary/aromatic N) is 1. The van der Waals surface area contributed by atoms with Gasteiger partial charge >= 0.3 is 11.8 Å². The molecule has 0 spiro atoms. The summed E-state index contributed by atoms with van der Waals surface area (Å²) in [5.41, 5.74) is 3.22. The topological polar surface area (TPSA) is 71.1 Å². The van der Waals surface area contributed by atoms with Crippen LogP contribution in [0.2, 0.25) is 0 Å². The van der Waals surface area contributed by atoms with Gasteiger partial charge in [-0.15, -0.1) is 0 Å². The van der Waals surface area contributed by atoms with Crippen molar-refractivity contribution >= 4 is 28.4 Å². The maximum atomic E-state index is 12.1. The lowest BCUT2D eigenvalue weighted by Crippen LogP contribution is -2.35. The SMILES string of the molecule is Cc1cccc(CNC(=O)C(=O)Nc2cccc3cccnc23)c1. The number of aromatic nitrogens is 1. The summed E-state index contributed by atoms with van der Waals surface area (Å²) in [5, 5.41) is 6.14. The molecule has 0 radical (unpaired) electrons. The number of pyridine rings is 1. The van der Waals surface area contributed by atoms with Gasteiger partial charge in [0.2, 0.25) is 0 Å². The largest absolute Gasteiger partial charge is 0.344 e. The van der Waals surface area contributed by atoms with Gasteiger partial charge in [-0.1, -0.05) is 48.0 Å². The molecule has 0 fully saturated rings. The summed E-state index contributed by atoms with van der Waals surface area (Å²) >= 11 is 0. The Hall–Kier alpha value is -3.21. The van der Waals surface area contributed by atoms with Crippen LogP contribution in [-0.2, 0) is 16.1 Å². The number of benzene rings is 2. The van der Waals surface area contributed by atoms with E-state index >= 15 is 0 Å². The summed E-state index contributed by atoms with van der Waals surface area (Å²) in [6.45, 7) is 2.28. The van der Waals surface area contributed by atoms with Crippen LogP contribution in [0.25, 0.3) is 10.9 Å². The molecule has 5 nitrogen and oxygen atoms in total. The number of amides is 2. The first-order valence-corrected chi connectivity index (χ1v) is 7.62. The van der Waals surface area contributed by atoms with Crippen molar-refractivity contribution in [2.24, 2.45) is 0 Å². The Balaban J connectivity index is 1.66. The molecule has 5 heteroatoms. The summed E-state index contributed by atoms with van der Waals surface area (Å²) < 4.78 is 0. The predicted octanol–water partition coefficient (Wildman–Crippen LogP) is 2.80. The number of hydrogen-bond donors (Lipinski definition) is 2. The molecule has 3 aromatic rings. The van der Waals surface area contributed by atoms with Crippen molar-refractivity contribution in [3.05, 3.63) is 71.9 Å². The Morgan fingerprint density at radius 1 is 1.00 bits per heavy atom. The second kappa shape index (κ2) is 6.91. The molecule has 0 aliphatic carbocycles. The van der Waals surface area contributed by atoms with Crippen LogP contribution in [0.15, 0.2) is 60.8 Å². The smallest absolute Gasteiger partial charge is 0.313 e. The van der Waals surface area contributed by atoms with E-state index in [0.29, 0.717) is 17.7 Å². The summed E-state index contributed by atoms with van der Waals surface area (Å²) in [7, 11) is 0. The van der Waals surface area contributed by atoms with Gasteiger partial charge < -0.3 is 10.6 Å². The molecule has 0 aliphatic heterocycles. The van der Waals surface area contributed by atoms with Gasteiger partial charge in [0.1, 0.15) is 0 Å². The zero-order chi connectivity index (χ0) is 16.9. The molecule has 3 rings (SSSR count). The zero-order valence-electron chi connectivity index (χ0n) is 13.2. The third-order valence-electron chi connectivity index (χ3n) is 3.62. The van der Waals surface area contributed by atoms with Crippen LogP contribution >= 0.6 is 0 Å². The molecule has 0 aliphatic rings. The summed E-state index contributed by atoms with van der Waals surface area (Å²) in [4.78, 5) is 28.3. The van der Waals surface area contributed by atoms with E-state index in [9.17, 15) is 9.59 Å². The molecule has 0 saturated carbocycles. The Morgan fingerprint density at radius 3 is 2.62 bits per heavy atom. The minimum Gasteiger partial charge on any atom is -0.344 e. The van der Waals surface area contributed by atoms with Crippen molar-refractivity contribution in [2.45, 2.75) is 13.5 Å². The molecule has 2 aromatic carbocycles. The molecule has 1 aromatic heterocycles. The standard InChI is InChI=1S/C19H17N3O2/c1-13-5-2-6-14(11-13)12-21-18(23)19(24)22-16-9-3-7-15-8-4-10-20-17(15)16/h2-11H,12H2,1H3,(H,21,23)(H,22,24). The Labute approximate surface area is 139 Å². The number of aryl methyl sites for hydroxylation is 1. The normalized spacial score (nSPS) is 10.4. The van der Waals surface area contributed by atoms with Crippen LogP contribution in [0.4, 0.5) is 5.69 Å². The number of anilines is 1. The molecule has 24 heavy (non-hydrogen) atoms. The number of rotatable bonds is 3. The maximum Gasteiger partial charge on any atom is 0.313 e. The molecule has 0 unspecified atom stereocenters. The third-order valence-corrected chi connectivity index (χ3v) is 3.62. The van der Waals surface area contributed by atoms with E-state index in [-0.39, 0.29) is 0 Å². The predicted molar refractivity (Wildman–Crippen MR) is 93.4 cm³/mol. The molecular formula is C19H17N3O2. The van der Waals surface area contributed by atoms with Gasteiger partial charge in [0.25, 0.3) is 0 Å². The van der Waals surface area contributed by atoms with E-state index in [2.05, 4.69) is 15.6 Å². The molecule has 2 amide bonds. The van der Waals surface area contributed by atoms with E-state index in [1.807, 2.05) is 55.5 Å². The minimum atomic E-state index is -0.708. The highest BCUT2D eigenvalue weighted by molar-refractivity contribution is 6.40. The fourth-order valence-electron chi connectivity index (χ4n) is 2.47. The number of fused-ring (bicyclic) bond motifs is 1. The quantitative estimate of drug-likeness (QED) is 0.729. The second-order valence-electron chi connectivity index (χ2n) is 5.51. The fourth-order valence-corrected chi connectivity index (χ4v) is 2.47. The van der Waals surface area contributed by atoms with Crippen LogP contribution in [0.5, 0.6) is 0 Å². The van der Waals surface area contributed by atoms with Gasteiger partial charge in [0.05, 0.1) is 11.2 Å². The van der Waals surface area contributed by atoms with Crippen LogP contribution in [0.1, 0.15) is 11.1 Å². The summed E-state index contributed by atoms with van der Waals surface area (Å²) in [6.07, 6.45) is 1.65. The molecule has 0 atom stereocenters. The number of nitrogens with one attached hydrogen (secondary N) is 2. The Bertz CT molecular complexity index is 901. The Morgan fingerprint density at radius 2 is 1.79 bits per heavy atom. The fraction of sp³-hybridized carbons (Fsp3) is 0.105. The van der Waals surface area contributed by atoms with Crippen LogP contribution < -0.4 is 10.6 Å². The van der Waals surface area contributed by atoms with Crippen molar-refractivity contribution in [2.75, 3.05) is 5.32 Å². The van der Waals surface area contributed by atoms with E-state index < -0.39 is 11.8 Å². The highest BCUT2D eigenvalue weighted by Gasteiger charge is 2.14. The first-order valence-electron chi connectivity index (χ1n) is 7.62. The van der Waals surface area contributed by atoms with Crippen LogP contribution in [0, 0.1) is 6.92 Å². The monoisotopic (exact) mass is 319 g/mol. The van der Waals surface area contributed by atoms with Gasteiger partial charge in [-0.2, -0.15) is 0 Å². The average Bonchev–Trinajstić information content (AvgIpc) is 2.60. The van der Waals surface area contributed by atoms with Crippen LogP contribution in [-0.4, -0.2) is 16.8 Å². The molecular weight excluding hydrogens is 302 g/mol. The molecule has 2 N–H and O–H groups in total. The van der Waals surface area contributed by atoms with Gasteiger partial charge in [-0.25, -0.2) is 0 Å². The molecule has 1 heterocycles. The van der Waals surface area contributed by atoms with Gasteiger partial charge in [-0.3, -0.25) is 14.6 Å². The first kappa shape index (κ1) is 15.7. The van der Waals surface area contributed by atoms with Crippen molar-refractivity contribution in [3.8, 4) is 0 Å². The number of para-hydroxylation sites is 1. The number of carbonyl (C=O) groups excluding carboxylic acids is 2. The van der Waals surface area contributed by atoms with Crippen molar-refractivity contribution in [1.82, 2.24) is 10.3 Å². The summed E-state index contributed by atoms with van der Waals surface area (Å²) in [6, 6.07) is 16.9. The van der Waals surface area contributed by atoms with Crippen LogP contribution in [0.3, 0.4) is 0 Å². The lowest BCUT2D eigenvalue weighted by molar-refractivity contribution is -0.136. The third kappa shape index (κ3) is 3.57. The Kier molecular flexibility index (Phi) is 4.52. The second-order valence-corrected chi connectivity index (χ2v) is 5.51. The number of carbonyl (C=O) groups is 2. The molecule has 0 bridgehead atoms. The van der Waals surface area contributed by atoms with E-state index in [1.165, 1.54) is 0 Å².